The number of hydrogen-bond donors (Lipinski definition) is 0. The fourth-order valence-electron chi connectivity index (χ4n) is 4.05. The molecule has 0 aliphatic carbocycles. The van der Waals surface area contributed by atoms with Crippen molar-refractivity contribution in [3.05, 3.63) is 47.0 Å². The van der Waals surface area contributed by atoms with Crippen molar-refractivity contribution in [1.82, 2.24) is 9.80 Å². The van der Waals surface area contributed by atoms with E-state index in [-0.39, 0.29) is 17.4 Å². The van der Waals surface area contributed by atoms with Crippen LogP contribution in [0.4, 0.5) is 5.69 Å². The third-order valence-corrected chi connectivity index (χ3v) is 7.44. The number of carbonyl (C=O) groups is 2. The Labute approximate surface area is 193 Å². The molecule has 2 heterocycles. The monoisotopic (exact) mass is 453 g/mol. The summed E-state index contributed by atoms with van der Waals surface area (Å²) >= 11 is 7.08. The van der Waals surface area contributed by atoms with Gasteiger partial charge in [-0.2, -0.15) is 0 Å². The van der Waals surface area contributed by atoms with Gasteiger partial charge in [0.2, 0.25) is 0 Å². The number of hydrogen-bond acceptors (Lipinski definition) is 5. The van der Waals surface area contributed by atoms with Crippen LogP contribution in [0, 0.1) is 0 Å². The van der Waals surface area contributed by atoms with E-state index in [9.17, 15) is 9.59 Å². The average Bonchev–Trinajstić information content (AvgIpc) is 3.10. The van der Waals surface area contributed by atoms with E-state index in [0.29, 0.717) is 23.2 Å². The lowest BCUT2D eigenvalue weighted by atomic mass is 10.1. The van der Waals surface area contributed by atoms with Crippen LogP contribution in [-0.4, -0.2) is 46.9 Å². The molecule has 0 spiro atoms. The molecule has 5 nitrogen and oxygen atoms in total. The molecule has 2 amide bonds. The van der Waals surface area contributed by atoms with Gasteiger partial charge in [-0.25, -0.2) is 0 Å². The first-order valence-corrected chi connectivity index (χ1v) is 12.1. The average molecular weight is 454 g/mol. The van der Waals surface area contributed by atoms with Crippen LogP contribution >= 0.6 is 24.0 Å². The normalized spacial score (nSPS) is 16.7. The Morgan fingerprint density at radius 1 is 0.903 bits per heavy atom. The summed E-state index contributed by atoms with van der Waals surface area (Å²) in [5.41, 5.74) is 1.27. The summed E-state index contributed by atoms with van der Waals surface area (Å²) in [5.74, 6) is -0.551. The molecule has 1 fully saturated rings. The Kier molecular flexibility index (Phi) is 6.34. The summed E-state index contributed by atoms with van der Waals surface area (Å²) in [6.07, 6.45) is 3.59. The first kappa shape index (κ1) is 21.8. The van der Waals surface area contributed by atoms with E-state index in [1.54, 1.807) is 9.80 Å². The molecule has 0 aromatic heterocycles. The summed E-state index contributed by atoms with van der Waals surface area (Å²) in [5, 5.41) is 3.28. The zero-order valence-electron chi connectivity index (χ0n) is 18.2. The molecule has 2 aliphatic rings. The van der Waals surface area contributed by atoms with Crippen LogP contribution in [0.15, 0.2) is 51.9 Å². The Bertz CT molecular complexity index is 1060. The van der Waals surface area contributed by atoms with E-state index in [4.69, 9.17) is 12.2 Å². The molecule has 0 saturated carbocycles. The van der Waals surface area contributed by atoms with Crippen LogP contribution in [0.1, 0.15) is 39.5 Å². The van der Waals surface area contributed by atoms with Gasteiger partial charge >= 0.3 is 0 Å². The van der Waals surface area contributed by atoms with Crippen LogP contribution < -0.4 is 4.90 Å². The van der Waals surface area contributed by atoms with Crippen molar-refractivity contribution < 1.29 is 9.59 Å². The van der Waals surface area contributed by atoms with Gasteiger partial charge in [-0.1, -0.05) is 68.8 Å². The lowest BCUT2D eigenvalue weighted by Crippen LogP contribution is -2.57. The van der Waals surface area contributed by atoms with Gasteiger partial charge in [-0.3, -0.25) is 19.4 Å². The van der Waals surface area contributed by atoms with Gasteiger partial charge in [-0.15, -0.1) is 0 Å². The molecule has 7 heteroatoms. The molecule has 0 N–H and O–H groups in total. The Balaban J connectivity index is 1.81. The number of nitrogens with zero attached hydrogens (tertiary/aromatic N) is 3. The highest BCUT2D eigenvalue weighted by atomic mass is 32.2. The van der Waals surface area contributed by atoms with E-state index >= 15 is 0 Å². The van der Waals surface area contributed by atoms with Crippen molar-refractivity contribution in [1.29, 1.82) is 0 Å². The van der Waals surface area contributed by atoms with Gasteiger partial charge in [-0.05, 0) is 36.5 Å². The minimum Gasteiger partial charge on any atom is -0.337 e. The highest BCUT2D eigenvalue weighted by molar-refractivity contribution is 8.03. The van der Waals surface area contributed by atoms with E-state index in [0.717, 1.165) is 47.0 Å². The van der Waals surface area contributed by atoms with Crippen LogP contribution in [0.25, 0.3) is 10.8 Å². The highest BCUT2D eigenvalue weighted by Gasteiger charge is 2.43. The molecule has 31 heavy (non-hydrogen) atoms. The number of carbonyl (C=O) groups excluding carboxylic acids is 2. The third-order valence-electron chi connectivity index (χ3n) is 5.77. The largest absolute Gasteiger partial charge is 0.337 e. The van der Waals surface area contributed by atoms with Gasteiger partial charge in [0.05, 0.1) is 10.7 Å². The first-order valence-electron chi connectivity index (χ1n) is 10.8. The molecular weight excluding hydrogens is 426 g/mol. The van der Waals surface area contributed by atoms with Crippen LogP contribution in [0.3, 0.4) is 0 Å². The Morgan fingerprint density at radius 2 is 1.52 bits per heavy atom. The van der Waals surface area contributed by atoms with Crippen LogP contribution in [0.2, 0.25) is 0 Å². The van der Waals surface area contributed by atoms with E-state index in [2.05, 4.69) is 38.1 Å². The molecule has 1 saturated heterocycles. The second kappa shape index (κ2) is 9.01. The molecule has 2 aromatic rings. The standard InChI is InChI=1S/C24H27N3O2S2/c1-4-6-14-26-21(28)19(22(29)27(24(26)30)15-7-5-2)23-25(3)20-17-11-9-8-10-16(17)12-13-18(20)31-23/h8-13H,4-7,14-15H2,1-3H3. The number of rotatable bonds is 6. The highest BCUT2D eigenvalue weighted by Crippen LogP contribution is 2.50. The minimum atomic E-state index is -0.275. The number of unbranched alkanes of at least 4 members (excludes halogenated alkanes) is 2. The fourth-order valence-corrected chi connectivity index (χ4v) is 5.59. The lowest BCUT2D eigenvalue weighted by Gasteiger charge is -2.37. The zero-order chi connectivity index (χ0) is 22.1. The zero-order valence-corrected chi connectivity index (χ0v) is 19.8. The van der Waals surface area contributed by atoms with Crippen molar-refractivity contribution in [3.63, 3.8) is 0 Å². The fraction of sp³-hybridized carbons (Fsp3) is 0.375. The molecule has 0 atom stereocenters. The molecule has 0 bridgehead atoms. The molecule has 4 rings (SSSR count). The predicted octanol–water partition coefficient (Wildman–Crippen LogP) is 5.15. The summed E-state index contributed by atoms with van der Waals surface area (Å²) in [4.78, 5) is 33.3. The molecule has 2 aliphatic heterocycles. The topological polar surface area (TPSA) is 43.9 Å². The second-order valence-electron chi connectivity index (χ2n) is 7.88. The maximum Gasteiger partial charge on any atom is 0.268 e. The number of anilines is 1. The van der Waals surface area contributed by atoms with Gasteiger partial charge in [0, 0.05) is 30.4 Å². The van der Waals surface area contributed by atoms with Crippen molar-refractivity contribution in [2.75, 3.05) is 25.0 Å². The number of fused-ring (bicyclic) bond motifs is 3. The van der Waals surface area contributed by atoms with Crippen LogP contribution in [-0.2, 0) is 9.59 Å². The van der Waals surface area contributed by atoms with Gasteiger partial charge < -0.3 is 4.90 Å². The number of amides is 2. The maximum atomic E-state index is 13.5. The molecule has 162 valence electrons. The van der Waals surface area contributed by atoms with E-state index in [1.807, 2.05) is 24.1 Å². The lowest BCUT2D eigenvalue weighted by molar-refractivity contribution is -0.134. The number of thiocarbonyl (C=S) groups is 1. The van der Waals surface area contributed by atoms with Crippen molar-refractivity contribution in [2.24, 2.45) is 0 Å². The number of thioether (sulfide) groups is 1. The van der Waals surface area contributed by atoms with Gasteiger partial charge in [0.15, 0.2) is 5.11 Å². The van der Waals surface area contributed by atoms with Crippen molar-refractivity contribution >= 4 is 57.4 Å². The van der Waals surface area contributed by atoms with Crippen LogP contribution in [0.5, 0.6) is 0 Å². The minimum absolute atomic E-state index is 0.230. The van der Waals surface area contributed by atoms with Gasteiger partial charge in [0.25, 0.3) is 11.8 Å². The van der Waals surface area contributed by atoms with Gasteiger partial charge in [0.1, 0.15) is 5.57 Å². The predicted molar refractivity (Wildman–Crippen MR) is 131 cm³/mol. The Morgan fingerprint density at radius 3 is 2.13 bits per heavy atom. The summed E-state index contributed by atoms with van der Waals surface area (Å²) in [7, 11) is 1.94. The smallest absolute Gasteiger partial charge is 0.268 e. The summed E-state index contributed by atoms with van der Waals surface area (Å²) < 4.78 is 0. The maximum absolute atomic E-state index is 13.5. The van der Waals surface area contributed by atoms with Crippen molar-refractivity contribution in [2.45, 2.75) is 44.4 Å². The SMILES string of the molecule is CCCCN1C(=O)C(=C2Sc3ccc4ccccc4c3N2C)C(=O)N(CCCC)C1=S. The van der Waals surface area contributed by atoms with Crippen molar-refractivity contribution in [3.8, 4) is 0 Å². The molecular formula is C24H27N3O2S2. The molecule has 0 radical (unpaired) electrons. The second-order valence-corrected chi connectivity index (χ2v) is 9.27. The first-order chi connectivity index (χ1) is 15.0. The molecule has 0 unspecified atom stereocenters. The quantitative estimate of drug-likeness (QED) is 0.344. The van der Waals surface area contributed by atoms with E-state index in [1.165, 1.54) is 11.8 Å². The summed E-state index contributed by atoms with van der Waals surface area (Å²) in [6, 6.07) is 12.3. The third kappa shape index (κ3) is 3.74. The Hall–Kier alpha value is -2.38. The summed E-state index contributed by atoms with van der Waals surface area (Å²) in [6.45, 7) is 5.23. The van der Waals surface area contributed by atoms with E-state index < -0.39 is 0 Å². The number of benzene rings is 2. The molecule has 2 aromatic carbocycles.